The molecule has 1 fully saturated rings. The predicted molar refractivity (Wildman–Crippen MR) is 71.6 cm³/mol. The summed E-state index contributed by atoms with van der Waals surface area (Å²) in [6, 6.07) is 9.71. The molecule has 0 spiro atoms. The van der Waals surface area contributed by atoms with Crippen LogP contribution < -0.4 is 5.32 Å². The summed E-state index contributed by atoms with van der Waals surface area (Å²) in [5.41, 5.74) is 1.58. The summed E-state index contributed by atoms with van der Waals surface area (Å²) in [4.78, 5) is 16.9. The third-order valence-corrected chi connectivity index (χ3v) is 3.83. The van der Waals surface area contributed by atoms with Crippen molar-refractivity contribution in [2.45, 2.75) is 6.92 Å². The van der Waals surface area contributed by atoms with Gasteiger partial charge < -0.3 is 5.32 Å². The van der Waals surface area contributed by atoms with Crippen molar-refractivity contribution in [3.8, 4) is 0 Å². The van der Waals surface area contributed by atoms with Crippen molar-refractivity contribution < 1.29 is 4.79 Å². The zero-order chi connectivity index (χ0) is 12.5. The van der Waals surface area contributed by atoms with Crippen molar-refractivity contribution >= 4 is 16.7 Å². The van der Waals surface area contributed by atoms with Gasteiger partial charge in [0.25, 0.3) is 0 Å². The lowest BCUT2D eigenvalue weighted by Gasteiger charge is -2.31. The molecule has 0 aliphatic carbocycles. The maximum absolute atomic E-state index is 12.5. The van der Waals surface area contributed by atoms with Crippen LogP contribution in [0.2, 0.25) is 0 Å². The monoisotopic (exact) mass is 240 g/mol. The Balaban J connectivity index is 2.00. The van der Waals surface area contributed by atoms with Crippen LogP contribution in [-0.4, -0.2) is 23.9 Å². The number of benzene rings is 1. The summed E-state index contributed by atoms with van der Waals surface area (Å²) in [6.07, 6.45) is 1.74. The molecule has 3 nitrogen and oxygen atoms in total. The lowest BCUT2D eigenvalue weighted by molar-refractivity contribution is 0.0855. The van der Waals surface area contributed by atoms with Crippen LogP contribution in [0.4, 0.5) is 0 Å². The molecule has 1 aliphatic heterocycles. The first-order chi connectivity index (χ1) is 8.77. The fourth-order valence-electron chi connectivity index (χ4n) is 2.43. The molecule has 1 atom stereocenters. The molecule has 1 N–H and O–H groups in total. The molecule has 2 aromatic rings. The van der Waals surface area contributed by atoms with Gasteiger partial charge in [-0.15, -0.1) is 0 Å². The Morgan fingerprint density at radius 1 is 1.33 bits per heavy atom. The highest BCUT2D eigenvalue weighted by atomic mass is 16.1. The van der Waals surface area contributed by atoms with Gasteiger partial charge in [0.15, 0.2) is 5.78 Å². The van der Waals surface area contributed by atoms with Gasteiger partial charge in [-0.25, -0.2) is 0 Å². The van der Waals surface area contributed by atoms with Crippen LogP contribution in [-0.2, 0) is 0 Å². The van der Waals surface area contributed by atoms with Crippen LogP contribution in [0.25, 0.3) is 10.9 Å². The number of carbonyl (C=O) groups excluding carboxylic acids is 1. The average Bonchev–Trinajstić information content (AvgIpc) is 2.35. The molecule has 1 saturated heterocycles. The Morgan fingerprint density at radius 2 is 2.11 bits per heavy atom. The molecule has 0 radical (unpaired) electrons. The van der Waals surface area contributed by atoms with E-state index in [4.69, 9.17) is 0 Å². The van der Waals surface area contributed by atoms with Gasteiger partial charge in [0.1, 0.15) is 0 Å². The van der Waals surface area contributed by atoms with Gasteiger partial charge >= 0.3 is 0 Å². The number of ketones is 1. The molecule has 0 bridgehead atoms. The highest BCUT2D eigenvalue weighted by Gasteiger charge is 2.30. The van der Waals surface area contributed by atoms with Crippen molar-refractivity contribution in [3.63, 3.8) is 0 Å². The fraction of sp³-hybridized carbons (Fsp3) is 0.333. The zero-order valence-corrected chi connectivity index (χ0v) is 10.4. The smallest absolute Gasteiger partial charge is 0.168 e. The number of aromatic nitrogens is 1. The van der Waals surface area contributed by atoms with Gasteiger partial charge in [-0.05, 0) is 31.1 Å². The minimum atomic E-state index is 0.0684. The Hall–Kier alpha value is -1.74. The topological polar surface area (TPSA) is 42.0 Å². The number of nitrogens with one attached hydrogen (secondary N) is 1. The Labute approximate surface area is 106 Å². The molecular formula is C15H16N2O. The SMILES string of the molecule is CC(C(=O)c1cccc2cccnc12)C1CNC1. The summed E-state index contributed by atoms with van der Waals surface area (Å²) in [5.74, 6) is 0.751. The maximum Gasteiger partial charge on any atom is 0.168 e. The Kier molecular flexibility index (Phi) is 2.84. The van der Waals surface area contributed by atoms with E-state index in [1.165, 1.54) is 0 Å². The van der Waals surface area contributed by atoms with E-state index in [-0.39, 0.29) is 11.7 Å². The van der Waals surface area contributed by atoms with Crippen molar-refractivity contribution in [1.29, 1.82) is 0 Å². The molecule has 1 aromatic carbocycles. The highest BCUT2D eigenvalue weighted by molar-refractivity contribution is 6.07. The number of fused-ring (bicyclic) bond motifs is 1. The molecule has 3 heteroatoms. The van der Waals surface area contributed by atoms with Crippen LogP contribution in [0.1, 0.15) is 17.3 Å². The van der Waals surface area contributed by atoms with Gasteiger partial charge in [0.2, 0.25) is 0 Å². The number of rotatable bonds is 3. The van der Waals surface area contributed by atoms with Crippen LogP contribution in [0.3, 0.4) is 0 Å². The summed E-state index contributed by atoms with van der Waals surface area (Å²) < 4.78 is 0. The minimum Gasteiger partial charge on any atom is -0.316 e. The zero-order valence-electron chi connectivity index (χ0n) is 10.4. The average molecular weight is 240 g/mol. The maximum atomic E-state index is 12.5. The predicted octanol–water partition coefficient (Wildman–Crippen LogP) is 2.27. The Morgan fingerprint density at radius 3 is 2.83 bits per heavy atom. The summed E-state index contributed by atoms with van der Waals surface area (Å²) >= 11 is 0. The third-order valence-electron chi connectivity index (χ3n) is 3.83. The molecule has 0 saturated carbocycles. The summed E-state index contributed by atoms with van der Waals surface area (Å²) in [5, 5.41) is 4.25. The van der Waals surface area contributed by atoms with Gasteiger partial charge in [-0.1, -0.05) is 25.1 Å². The van der Waals surface area contributed by atoms with Gasteiger partial charge in [0, 0.05) is 23.1 Å². The molecule has 1 aromatic heterocycles. The highest BCUT2D eigenvalue weighted by Crippen LogP contribution is 2.24. The second kappa shape index (κ2) is 4.50. The number of nitrogens with zero attached hydrogens (tertiary/aromatic N) is 1. The first kappa shape index (κ1) is 11.4. The van der Waals surface area contributed by atoms with Crippen molar-refractivity contribution in [2.24, 2.45) is 11.8 Å². The van der Waals surface area contributed by atoms with E-state index >= 15 is 0 Å². The minimum absolute atomic E-state index is 0.0684. The number of hydrogen-bond donors (Lipinski definition) is 1. The third kappa shape index (κ3) is 1.81. The van der Waals surface area contributed by atoms with E-state index < -0.39 is 0 Å². The number of hydrogen-bond acceptors (Lipinski definition) is 3. The number of Topliss-reactive ketones (excluding diaryl/α,β-unsaturated/α-hetero) is 1. The first-order valence-corrected chi connectivity index (χ1v) is 6.36. The van der Waals surface area contributed by atoms with Gasteiger partial charge in [-0.3, -0.25) is 9.78 Å². The van der Waals surface area contributed by atoms with Crippen molar-refractivity contribution in [1.82, 2.24) is 10.3 Å². The van der Waals surface area contributed by atoms with Gasteiger partial charge in [0.05, 0.1) is 5.52 Å². The van der Waals surface area contributed by atoms with E-state index in [2.05, 4.69) is 10.3 Å². The molecule has 1 unspecified atom stereocenters. The lowest BCUT2D eigenvalue weighted by Crippen LogP contribution is -2.47. The molecule has 2 heterocycles. The number of para-hydroxylation sites is 1. The van der Waals surface area contributed by atoms with Crippen molar-refractivity contribution in [3.05, 3.63) is 42.1 Å². The fourth-order valence-corrected chi connectivity index (χ4v) is 2.43. The van der Waals surface area contributed by atoms with Crippen LogP contribution in [0, 0.1) is 11.8 Å². The van der Waals surface area contributed by atoms with Crippen molar-refractivity contribution in [2.75, 3.05) is 13.1 Å². The molecule has 18 heavy (non-hydrogen) atoms. The molecular weight excluding hydrogens is 224 g/mol. The molecule has 1 aliphatic rings. The standard InChI is InChI=1S/C15H16N2O/c1-10(12-8-16-9-12)15(18)13-6-2-4-11-5-3-7-17-14(11)13/h2-7,10,12,16H,8-9H2,1H3. The summed E-state index contributed by atoms with van der Waals surface area (Å²) in [7, 11) is 0. The molecule has 92 valence electrons. The number of carbonyl (C=O) groups is 1. The van der Waals surface area contributed by atoms with E-state index in [1.54, 1.807) is 6.20 Å². The van der Waals surface area contributed by atoms with E-state index in [0.717, 1.165) is 29.6 Å². The molecule has 0 amide bonds. The second-order valence-electron chi connectivity index (χ2n) is 4.95. The van der Waals surface area contributed by atoms with Crippen LogP contribution in [0.5, 0.6) is 0 Å². The number of pyridine rings is 1. The van der Waals surface area contributed by atoms with E-state index in [9.17, 15) is 4.79 Å². The molecule has 3 rings (SSSR count). The van der Waals surface area contributed by atoms with Gasteiger partial charge in [-0.2, -0.15) is 0 Å². The lowest BCUT2D eigenvalue weighted by atomic mass is 9.83. The van der Waals surface area contributed by atoms with E-state index in [0.29, 0.717) is 5.92 Å². The normalized spacial score (nSPS) is 17.4. The second-order valence-corrected chi connectivity index (χ2v) is 4.95. The first-order valence-electron chi connectivity index (χ1n) is 6.36. The van der Waals surface area contributed by atoms with E-state index in [1.807, 2.05) is 37.3 Å². The van der Waals surface area contributed by atoms with Crippen LogP contribution >= 0.6 is 0 Å². The quantitative estimate of drug-likeness (QED) is 0.837. The summed E-state index contributed by atoms with van der Waals surface area (Å²) in [6.45, 7) is 3.92. The van der Waals surface area contributed by atoms with Crippen LogP contribution in [0.15, 0.2) is 36.5 Å². The Bertz CT molecular complexity index is 585. The largest absolute Gasteiger partial charge is 0.316 e.